The van der Waals surface area contributed by atoms with E-state index in [1.165, 1.54) is 270 Å². The molecular formula is C50H100LiNO2. The smallest absolute Gasteiger partial charge is 0.550 e. The number of unbranched alkanes of at least 4 members (excludes halogenated alkanes) is 38. The Kier molecular flexibility index (Phi) is 51.1. The predicted molar refractivity (Wildman–Crippen MR) is 236 cm³/mol. The van der Waals surface area contributed by atoms with E-state index in [1.807, 2.05) is 0 Å². The number of carboxylic acid groups (broad SMARTS) is 1. The van der Waals surface area contributed by atoms with Gasteiger partial charge >= 0.3 is 18.9 Å². The number of aliphatic carboxylic acids is 1. The number of nitrogens with zero attached hydrogens (tertiary/aromatic N) is 1. The minimum absolute atomic E-state index is 0. The molecule has 3 nitrogen and oxygen atoms in total. The van der Waals surface area contributed by atoms with Crippen LogP contribution >= 0.6 is 0 Å². The van der Waals surface area contributed by atoms with Crippen molar-refractivity contribution in [3.05, 3.63) is 0 Å². The molecule has 0 heterocycles. The van der Waals surface area contributed by atoms with Crippen LogP contribution in [-0.2, 0) is 4.79 Å². The van der Waals surface area contributed by atoms with E-state index in [2.05, 4.69) is 25.7 Å². The largest absolute Gasteiger partial charge is 1.00 e. The van der Waals surface area contributed by atoms with Gasteiger partial charge in [-0.15, -0.1) is 0 Å². The molecule has 0 aliphatic heterocycles. The van der Waals surface area contributed by atoms with E-state index in [9.17, 15) is 9.90 Å². The molecule has 0 fully saturated rings. The first-order valence-electron chi connectivity index (χ1n) is 25.1. The van der Waals surface area contributed by atoms with Crippen molar-refractivity contribution in [1.29, 1.82) is 0 Å². The zero-order valence-electron chi connectivity index (χ0n) is 38.2. The minimum Gasteiger partial charge on any atom is -0.550 e. The first-order chi connectivity index (χ1) is 26.1. The van der Waals surface area contributed by atoms with Gasteiger partial charge in [0.25, 0.3) is 0 Å². The van der Waals surface area contributed by atoms with Crippen molar-refractivity contribution in [2.45, 2.75) is 303 Å². The molecule has 0 amide bonds. The van der Waals surface area contributed by atoms with Crippen molar-refractivity contribution in [1.82, 2.24) is 4.90 Å². The maximum atomic E-state index is 11.0. The van der Waals surface area contributed by atoms with Gasteiger partial charge in [-0.2, -0.15) is 0 Å². The molecule has 318 valence electrons. The van der Waals surface area contributed by atoms with Crippen LogP contribution in [-0.4, -0.2) is 30.0 Å². The Morgan fingerprint density at radius 1 is 0.370 bits per heavy atom. The Morgan fingerprint density at radius 2 is 0.574 bits per heavy atom. The first kappa shape index (κ1) is 56.1. The van der Waals surface area contributed by atoms with Gasteiger partial charge in [-0.1, -0.05) is 258 Å². The second-order valence-corrected chi connectivity index (χ2v) is 17.6. The van der Waals surface area contributed by atoms with Crippen LogP contribution in [0.5, 0.6) is 0 Å². The Bertz CT molecular complexity index is 644. The van der Waals surface area contributed by atoms with E-state index >= 15 is 0 Å². The summed E-state index contributed by atoms with van der Waals surface area (Å²) in [7, 11) is 0. The maximum absolute atomic E-state index is 11.0. The van der Waals surface area contributed by atoms with E-state index in [0.29, 0.717) is 6.04 Å². The summed E-state index contributed by atoms with van der Waals surface area (Å²) in [6.45, 7) is 9.30. The number of hydrogen-bond donors (Lipinski definition) is 0. The van der Waals surface area contributed by atoms with Crippen LogP contribution in [0.1, 0.15) is 297 Å². The summed E-state index contributed by atoms with van der Waals surface area (Å²) in [6, 6.07) is 0.481. The Labute approximate surface area is 354 Å². The fraction of sp³-hybridized carbons (Fsp3) is 0.980. The second-order valence-electron chi connectivity index (χ2n) is 17.6. The first-order valence-corrected chi connectivity index (χ1v) is 25.1. The third kappa shape index (κ3) is 46.4. The summed E-state index contributed by atoms with van der Waals surface area (Å²) in [5.41, 5.74) is 0. The van der Waals surface area contributed by atoms with Crippen LogP contribution in [0.15, 0.2) is 0 Å². The molecule has 54 heavy (non-hydrogen) atoms. The standard InChI is InChI=1S/C50H101NO2.Li/c1-4-6-8-10-12-14-16-18-20-22-24-26-28-30-32-34-36-38-40-42-47-51(49(3)45-44-46-50(52)53)48-43-41-39-37-35-33-31-29-27-25-23-21-19-17-15-13-11-9-7-5-2;/h49H,4-48H2,1-3H3,(H,52,53);/q;+1/p-1. The van der Waals surface area contributed by atoms with Crippen molar-refractivity contribution >= 4 is 5.97 Å². The van der Waals surface area contributed by atoms with Crippen LogP contribution in [0.2, 0.25) is 0 Å². The van der Waals surface area contributed by atoms with Gasteiger partial charge in [-0.05, 0) is 52.1 Å². The van der Waals surface area contributed by atoms with Crippen molar-refractivity contribution < 1.29 is 28.8 Å². The van der Waals surface area contributed by atoms with Crippen LogP contribution in [0.25, 0.3) is 0 Å². The number of hydrogen-bond acceptors (Lipinski definition) is 3. The molecule has 1 unspecified atom stereocenters. The van der Waals surface area contributed by atoms with Crippen LogP contribution in [0.4, 0.5) is 0 Å². The molecule has 0 saturated carbocycles. The van der Waals surface area contributed by atoms with Gasteiger partial charge in [-0.25, -0.2) is 0 Å². The summed E-state index contributed by atoms with van der Waals surface area (Å²) < 4.78 is 0. The Morgan fingerprint density at radius 3 is 0.778 bits per heavy atom. The van der Waals surface area contributed by atoms with Crippen molar-refractivity contribution in [2.24, 2.45) is 0 Å². The molecule has 0 saturated heterocycles. The quantitative estimate of drug-likeness (QED) is 0.0459. The molecule has 0 aliphatic carbocycles. The Balaban J connectivity index is 0. The minimum atomic E-state index is -0.896. The predicted octanol–water partition coefficient (Wildman–Crippen LogP) is 13.2. The summed E-state index contributed by atoms with van der Waals surface area (Å²) in [4.78, 5) is 13.6. The molecule has 0 aliphatic rings. The summed E-state index contributed by atoms with van der Waals surface area (Å²) in [5, 5.41) is 11.0. The van der Waals surface area contributed by atoms with Gasteiger partial charge in [0.1, 0.15) is 0 Å². The monoisotopic (exact) mass is 754 g/mol. The zero-order valence-corrected chi connectivity index (χ0v) is 38.2. The van der Waals surface area contributed by atoms with Crippen molar-refractivity contribution in [2.75, 3.05) is 13.1 Å². The van der Waals surface area contributed by atoms with Gasteiger partial charge < -0.3 is 14.8 Å². The van der Waals surface area contributed by atoms with Gasteiger partial charge in [0.05, 0.1) is 0 Å². The molecule has 0 bridgehead atoms. The zero-order chi connectivity index (χ0) is 38.6. The molecule has 0 radical (unpaired) electrons. The van der Waals surface area contributed by atoms with Crippen molar-refractivity contribution in [3.63, 3.8) is 0 Å². The third-order valence-electron chi connectivity index (χ3n) is 12.2. The van der Waals surface area contributed by atoms with Crippen LogP contribution < -0.4 is 24.0 Å². The van der Waals surface area contributed by atoms with E-state index in [0.717, 1.165) is 12.8 Å². The molecule has 4 heteroatoms. The van der Waals surface area contributed by atoms with Gasteiger partial charge in [-0.3, -0.25) is 0 Å². The van der Waals surface area contributed by atoms with E-state index in [1.54, 1.807) is 0 Å². The third-order valence-corrected chi connectivity index (χ3v) is 12.2. The van der Waals surface area contributed by atoms with Gasteiger partial charge in [0.2, 0.25) is 0 Å². The molecule has 0 spiro atoms. The topological polar surface area (TPSA) is 43.4 Å². The average molecular weight is 754 g/mol. The van der Waals surface area contributed by atoms with Gasteiger partial charge in [0, 0.05) is 12.0 Å². The number of carboxylic acids is 1. The second kappa shape index (κ2) is 49.2. The molecule has 0 aromatic carbocycles. The van der Waals surface area contributed by atoms with Crippen LogP contribution in [0, 0.1) is 0 Å². The molecule has 0 N–H and O–H groups in total. The summed E-state index contributed by atoms with van der Waals surface area (Å²) in [5.74, 6) is -0.896. The number of carbonyl (C=O) groups is 1. The van der Waals surface area contributed by atoms with E-state index in [-0.39, 0.29) is 25.3 Å². The SMILES string of the molecule is CCCCCCCCCCCCCCCCCCCCCCN(CCCCCCCCCCCCCCCCCCCCCC)C(C)CCCC(=O)[O-].[Li+]. The fourth-order valence-electron chi connectivity index (χ4n) is 8.42. The van der Waals surface area contributed by atoms with Gasteiger partial charge in [0.15, 0.2) is 0 Å². The summed E-state index contributed by atoms with van der Waals surface area (Å²) >= 11 is 0. The molecule has 1 atom stereocenters. The van der Waals surface area contributed by atoms with E-state index in [4.69, 9.17) is 0 Å². The fourth-order valence-corrected chi connectivity index (χ4v) is 8.42. The molecule has 0 rings (SSSR count). The normalized spacial score (nSPS) is 12.1. The number of rotatable bonds is 47. The maximum Gasteiger partial charge on any atom is 1.00 e. The molecule has 0 aromatic rings. The van der Waals surface area contributed by atoms with E-state index < -0.39 is 5.97 Å². The Hall–Kier alpha value is 0.0274. The molecular weight excluding hydrogens is 653 g/mol. The average Bonchev–Trinajstić information content (AvgIpc) is 3.15. The summed E-state index contributed by atoms with van der Waals surface area (Å²) in [6.07, 6.45) is 59.0. The van der Waals surface area contributed by atoms with Crippen molar-refractivity contribution in [3.8, 4) is 0 Å². The number of carbonyl (C=O) groups excluding carboxylic acids is 1. The van der Waals surface area contributed by atoms with Crippen LogP contribution in [0.3, 0.4) is 0 Å². The molecule has 0 aromatic heterocycles.